The topological polar surface area (TPSA) is 67.4 Å². The molecular formula is C16H22N4O2S2. The summed E-state index contributed by atoms with van der Waals surface area (Å²) >= 11 is 2.93. The van der Waals surface area contributed by atoms with Crippen molar-refractivity contribution in [2.45, 2.75) is 33.2 Å². The molecule has 2 aromatic heterocycles. The van der Waals surface area contributed by atoms with Crippen LogP contribution in [0.15, 0.2) is 5.38 Å². The van der Waals surface area contributed by atoms with Gasteiger partial charge >= 0.3 is 0 Å². The Kier molecular flexibility index (Phi) is 5.60. The Hall–Kier alpha value is -1.35. The molecule has 0 radical (unpaired) electrons. The standard InChI is InChI=1S/C16H22N4O2S2/c1-10(2)15-17-11(3)13(24-15)14(21)19-16-18-12(9-23-16)8-20-4-6-22-7-5-20/h9-10H,4-8H2,1-3H3,(H,18,19,21). The van der Waals surface area contributed by atoms with E-state index in [1.165, 1.54) is 22.7 Å². The number of amides is 1. The molecule has 0 spiro atoms. The third-order valence-electron chi connectivity index (χ3n) is 3.77. The van der Waals surface area contributed by atoms with Gasteiger partial charge in [0.05, 0.1) is 29.6 Å². The van der Waals surface area contributed by atoms with Crippen molar-refractivity contribution >= 4 is 33.7 Å². The van der Waals surface area contributed by atoms with E-state index in [-0.39, 0.29) is 5.91 Å². The van der Waals surface area contributed by atoms with E-state index in [0.29, 0.717) is 15.9 Å². The van der Waals surface area contributed by atoms with Crippen LogP contribution in [0.2, 0.25) is 0 Å². The van der Waals surface area contributed by atoms with Gasteiger partial charge < -0.3 is 4.74 Å². The smallest absolute Gasteiger partial charge is 0.269 e. The first-order chi connectivity index (χ1) is 11.5. The number of carbonyl (C=O) groups excluding carboxylic acids is 1. The van der Waals surface area contributed by atoms with Gasteiger partial charge in [-0.25, -0.2) is 9.97 Å². The van der Waals surface area contributed by atoms with Gasteiger partial charge in [-0.05, 0) is 6.92 Å². The minimum atomic E-state index is -0.121. The van der Waals surface area contributed by atoms with E-state index in [0.717, 1.165) is 49.2 Å². The second-order valence-corrected chi connectivity index (χ2v) is 8.00. The Bertz CT molecular complexity index is 705. The Morgan fingerprint density at radius 2 is 2.12 bits per heavy atom. The van der Waals surface area contributed by atoms with E-state index in [1.807, 2.05) is 12.3 Å². The number of hydrogen-bond acceptors (Lipinski definition) is 7. The fourth-order valence-corrected chi connectivity index (χ4v) is 4.12. The fraction of sp³-hybridized carbons (Fsp3) is 0.562. The molecule has 1 aliphatic rings. The molecular weight excluding hydrogens is 344 g/mol. The maximum atomic E-state index is 12.5. The molecule has 0 atom stereocenters. The van der Waals surface area contributed by atoms with Crippen LogP contribution < -0.4 is 5.32 Å². The minimum Gasteiger partial charge on any atom is -0.379 e. The van der Waals surface area contributed by atoms with Crippen molar-refractivity contribution < 1.29 is 9.53 Å². The molecule has 8 heteroatoms. The lowest BCUT2D eigenvalue weighted by atomic mass is 10.2. The summed E-state index contributed by atoms with van der Waals surface area (Å²) in [5, 5.41) is 6.54. The lowest BCUT2D eigenvalue weighted by molar-refractivity contribution is 0.0337. The summed E-state index contributed by atoms with van der Waals surface area (Å²) < 4.78 is 5.35. The first kappa shape index (κ1) is 17.5. The normalized spacial score (nSPS) is 15.8. The molecule has 0 saturated carbocycles. The van der Waals surface area contributed by atoms with Crippen LogP contribution in [0.5, 0.6) is 0 Å². The van der Waals surface area contributed by atoms with Crippen molar-refractivity contribution in [3.05, 3.63) is 26.7 Å². The lowest BCUT2D eigenvalue weighted by Crippen LogP contribution is -2.35. The molecule has 1 aliphatic heterocycles. The molecule has 0 bridgehead atoms. The monoisotopic (exact) mass is 366 g/mol. The fourth-order valence-electron chi connectivity index (χ4n) is 2.45. The van der Waals surface area contributed by atoms with E-state index in [4.69, 9.17) is 4.74 Å². The van der Waals surface area contributed by atoms with Crippen LogP contribution in [0.1, 0.15) is 45.8 Å². The van der Waals surface area contributed by atoms with Crippen molar-refractivity contribution in [3.8, 4) is 0 Å². The second-order valence-electron chi connectivity index (χ2n) is 6.11. The van der Waals surface area contributed by atoms with Gasteiger partial charge in [0, 0.05) is 30.9 Å². The van der Waals surface area contributed by atoms with Crippen molar-refractivity contribution in [2.75, 3.05) is 31.6 Å². The molecule has 0 aromatic carbocycles. The summed E-state index contributed by atoms with van der Waals surface area (Å²) in [5.41, 5.74) is 1.77. The predicted octanol–water partition coefficient (Wildman–Crippen LogP) is 3.12. The number of carbonyl (C=O) groups is 1. The zero-order valence-corrected chi connectivity index (χ0v) is 15.8. The number of aryl methyl sites for hydroxylation is 1. The highest BCUT2D eigenvalue weighted by molar-refractivity contribution is 7.15. The molecule has 0 unspecified atom stereocenters. The summed E-state index contributed by atoms with van der Waals surface area (Å²) in [5.74, 6) is 0.208. The molecule has 2 aromatic rings. The van der Waals surface area contributed by atoms with Gasteiger partial charge in [-0.15, -0.1) is 22.7 Å². The van der Waals surface area contributed by atoms with Crippen molar-refractivity contribution in [3.63, 3.8) is 0 Å². The number of hydrogen-bond donors (Lipinski definition) is 1. The Morgan fingerprint density at radius 1 is 1.38 bits per heavy atom. The van der Waals surface area contributed by atoms with Crippen LogP contribution in [0, 0.1) is 6.92 Å². The number of aromatic nitrogens is 2. The van der Waals surface area contributed by atoms with Crippen molar-refractivity contribution in [1.29, 1.82) is 0 Å². The summed E-state index contributed by atoms with van der Waals surface area (Å²) in [7, 11) is 0. The summed E-state index contributed by atoms with van der Waals surface area (Å²) in [6, 6.07) is 0. The summed E-state index contributed by atoms with van der Waals surface area (Å²) in [6.07, 6.45) is 0. The minimum absolute atomic E-state index is 0.121. The maximum absolute atomic E-state index is 12.5. The number of rotatable bonds is 5. The zero-order valence-electron chi connectivity index (χ0n) is 14.2. The quantitative estimate of drug-likeness (QED) is 0.881. The molecule has 130 valence electrons. The zero-order chi connectivity index (χ0) is 17.1. The highest BCUT2D eigenvalue weighted by atomic mass is 32.1. The number of anilines is 1. The Balaban J connectivity index is 1.62. The van der Waals surface area contributed by atoms with Gasteiger partial charge in [0.2, 0.25) is 0 Å². The Morgan fingerprint density at radius 3 is 2.79 bits per heavy atom. The van der Waals surface area contributed by atoms with E-state index in [2.05, 4.69) is 34.0 Å². The van der Waals surface area contributed by atoms with Gasteiger partial charge in [0.1, 0.15) is 4.88 Å². The molecule has 1 saturated heterocycles. The third kappa shape index (κ3) is 4.18. The van der Waals surface area contributed by atoms with E-state index < -0.39 is 0 Å². The molecule has 24 heavy (non-hydrogen) atoms. The molecule has 6 nitrogen and oxygen atoms in total. The first-order valence-corrected chi connectivity index (χ1v) is 9.75. The molecule has 1 N–H and O–H groups in total. The second kappa shape index (κ2) is 7.69. The lowest BCUT2D eigenvalue weighted by Gasteiger charge is -2.25. The third-order valence-corrected chi connectivity index (χ3v) is 6.04. The molecule has 1 fully saturated rings. The van der Waals surface area contributed by atoms with Gasteiger partial charge in [0.15, 0.2) is 5.13 Å². The van der Waals surface area contributed by atoms with Gasteiger partial charge in [-0.1, -0.05) is 13.8 Å². The SMILES string of the molecule is Cc1nc(C(C)C)sc1C(=O)Nc1nc(CN2CCOCC2)cs1. The van der Waals surface area contributed by atoms with E-state index >= 15 is 0 Å². The van der Waals surface area contributed by atoms with Crippen LogP contribution in [-0.4, -0.2) is 47.1 Å². The molecule has 3 rings (SSSR count). The van der Waals surface area contributed by atoms with Gasteiger partial charge in [-0.3, -0.25) is 15.0 Å². The summed E-state index contributed by atoms with van der Waals surface area (Å²) in [4.78, 5) is 24.5. The van der Waals surface area contributed by atoms with Crippen LogP contribution in [0.4, 0.5) is 5.13 Å². The molecule has 0 aliphatic carbocycles. The number of thiazole rings is 2. The van der Waals surface area contributed by atoms with Crippen LogP contribution in [-0.2, 0) is 11.3 Å². The van der Waals surface area contributed by atoms with Gasteiger partial charge in [0.25, 0.3) is 5.91 Å². The van der Waals surface area contributed by atoms with Crippen molar-refractivity contribution in [2.24, 2.45) is 0 Å². The largest absolute Gasteiger partial charge is 0.379 e. The molecule has 3 heterocycles. The highest BCUT2D eigenvalue weighted by Crippen LogP contribution is 2.26. The molecule has 1 amide bonds. The van der Waals surface area contributed by atoms with E-state index in [1.54, 1.807) is 0 Å². The van der Waals surface area contributed by atoms with Gasteiger partial charge in [-0.2, -0.15) is 0 Å². The number of morpholine rings is 1. The average molecular weight is 367 g/mol. The number of nitrogens with zero attached hydrogens (tertiary/aromatic N) is 3. The number of ether oxygens (including phenoxy) is 1. The number of nitrogens with one attached hydrogen (secondary N) is 1. The Labute approximate surface area is 149 Å². The van der Waals surface area contributed by atoms with Crippen molar-refractivity contribution in [1.82, 2.24) is 14.9 Å². The van der Waals surface area contributed by atoms with E-state index in [9.17, 15) is 4.79 Å². The van der Waals surface area contributed by atoms with Crippen LogP contribution in [0.3, 0.4) is 0 Å². The predicted molar refractivity (Wildman–Crippen MR) is 97.1 cm³/mol. The summed E-state index contributed by atoms with van der Waals surface area (Å²) in [6.45, 7) is 10.2. The maximum Gasteiger partial charge on any atom is 0.269 e. The average Bonchev–Trinajstić information content (AvgIpc) is 3.15. The van der Waals surface area contributed by atoms with Crippen LogP contribution >= 0.6 is 22.7 Å². The van der Waals surface area contributed by atoms with Crippen LogP contribution in [0.25, 0.3) is 0 Å². The first-order valence-electron chi connectivity index (χ1n) is 8.06. The highest BCUT2D eigenvalue weighted by Gasteiger charge is 2.18.